The monoisotopic (exact) mass is 293 g/mol. The van der Waals surface area contributed by atoms with E-state index in [0.29, 0.717) is 12.7 Å². The molecule has 1 fully saturated rings. The van der Waals surface area contributed by atoms with Crippen LogP contribution < -0.4 is 14.8 Å². The van der Waals surface area contributed by atoms with Crippen LogP contribution in [-0.2, 0) is 11.3 Å². The van der Waals surface area contributed by atoms with E-state index in [0.717, 1.165) is 49.4 Å². The molecule has 21 heavy (non-hydrogen) atoms. The summed E-state index contributed by atoms with van der Waals surface area (Å²) in [5.41, 5.74) is 1.16. The lowest BCUT2D eigenvalue weighted by Crippen LogP contribution is -2.19. The van der Waals surface area contributed by atoms with E-state index in [9.17, 15) is 0 Å². The number of benzene rings is 1. The molecule has 1 heterocycles. The second-order valence-corrected chi connectivity index (χ2v) is 5.61. The molecule has 1 N–H and O–H groups in total. The van der Waals surface area contributed by atoms with Crippen LogP contribution in [0.4, 0.5) is 0 Å². The maximum absolute atomic E-state index is 6.00. The molecule has 2 unspecified atom stereocenters. The minimum Gasteiger partial charge on any atom is -0.497 e. The van der Waals surface area contributed by atoms with Crippen LogP contribution in [0, 0.1) is 0 Å². The van der Waals surface area contributed by atoms with Crippen molar-refractivity contribution in [2.75, 3.05) is 20.3 Å². The molecule has 1 aliphatic heterocycles. The minimum atomic E-state index is 0.211. The van der Waals surface area contributed by atoms with Gasteiger partial charge in [0.05, 0.1) is 19.3 Å². The fourth-order valence-corrected chi connectivity index (χ4v) is 2.53. The Morgan fingerprint density at radius 1 is 1.33 bits per heavy atom. The summed E-state index contributed by atoms with van der Waals surface area (Å²) in [5.74, 6) is 1.71. The summed E-state index contributed by atoms with van der Waals surface area (Å²) in [7, 11) is 1.68. The molecule has 0 bridgehead atoms. The van der Waals surface area contributed by atoms with Crippen molar-refractivity contribution >= 4 is 0 Å². The topological polar surface area (TPSA) is 39.7 Å². The van der Waals surface area contributed by atoms with E-state index in [2.05, 4.69) is 25.2 Å². The van der Waals surface area contributed by atoms with Crippen molar-refractivity contribution in [1.82, 2.24) is 5.32 Å². The highest BCUT2D eigenvalue weighted by Gasteiger charge is 2.22. The third-order valence-electron chi connectivity index (χ3n) is 3.76. The molecule has 0 saturated carbocycles. The maximum Gasteiger partial charge on any atom is 0.127 e. The van der Waals surface area contributed by atoms with E-state index < -0.39 is 0 Å². The highest BCUT2D eigenvalue weighted by Crippen LogP contribution is 2.26. The molecule has 1 aromatic rings. The number of methoxy groups -OCH3 is 1. The van der Waals surface area contributed by atoms with E-state index in [4.69, 9.17) is 14.2 Å². The molecular formula is C17H27NO3. The van der Waals surface area contributed by atoms with E-state index in [1.165, 1.54) is 0 Å². The van der Waals surface area contributed by atoms with Gasteiger partial charge in [-0.05, 0) is 38.8 Å². The van der Waals surface area contributed by atoms with Crippen LogP contribution in [0.2, 0.25) is 0 Å². The number of ether oxygens (including phenoxy) is 3. The zero-order valence-electron chi connectivity index (χ0n) is 13.4. The van der Waals surface area contributed by atoms with Crippen molar-refractivity contribution in [1.29, 1.82) is 0 Å². The van der Waals surface area contributed by atoms with Gasteiger partial charge in [0.1, 0.15) is 18.1 Å². The van der Waals surface area contributed by atoms with E-state index in [-0.39, 0.29) is 6.10 Å². The Balaban J connectivity index is 1.96. The summed E-state index contributed by atoms with van der Waals surface area (Å²) >= 11 is 0. The van der Waals surface area contributed by atoms with Gasteiger partial charge in [-0.15, -0.1) is 0 Å². The number of nitrogens with one attached hydrogen (secondary N) is 1. The Morgan fingerprint density at radius 3 is 2.86 bits per heavy atom. The first kappa shape index (κ1) is 16.1. The summed E-state index contributed by atoms with van der Waals surface area (Å²) in [6.45, 7) is 6.71. The van der Waals surface area contributed by atoms with Gasteiger partial charge < -0.3 is 19.5 Å². The lowest BCUT2D eigenvalue weighted by Gasteiger charge is -2.16. The summed E-state index contributed by atoms with van der Waals surface area (Å²) in [4.78, 5) is 0. The molecule has 1 aromatic carbocycles. The molecule has 0 spiro atoms. The molecule has 118 valence electrons. The van der Waals surface area contributed by atoms with Gasteiger partial charge >= 0.3 is 0 Å². The molecule has 0 amide bonds. The molecular weight excluding hydrogens is 266 g/mol. The third-order valence-corrected chi connectivity index (χ3v) is 3.76. The zero-order valence-corrected chi connectivity index (χ0v) is 13.4. The second kappa shape index (κ2) is 8.25. The summed E-state index contributed by atoms with van der Waals surface area (Å²) in [5, 5.41) is 3.41. The normalized spacial score (nSPS) is 21.5. The van der Waals surface area contributed by atoms with E-state index in [1.54, 1.807) is 7.11 Å². The number of hydrogen-bond acceptors (Lipinski definition) is 4. The predicted octanol–water partition coefficient (Wildman–Crippen LogP) is 3.14. The van der Waals surface area contributed by atoms with Gasteiger partial charge in [-0.3, -0.25) is 0 Å². The van der Waals surface area contributed by atoms with Crippen molar-refractivity contribution < 1.29 is 14.2 Å². The first-order chi connectivity index (χ1) is 10.2. The highest BCUT2D eigenvalue weighted by atomic mass is 16.5. The van der Waals surface area contributed by atoms with Gasteiger partial charge in [-0.2, -0.15) is 0 Å². The van der Waals surface area contributed by atoms with E-state index >= 15 is 0 Å². The minimum absolute atomic E-state index is 0.211. The Morgan fingerprint density at radius 2 is 2.19 bits per heavy atom. The van der Waals surface area contributed by atoms with Crippen LogP contribution in [0.25, 0.3) is 0 Å². The summed E-state index contributed by atoms with van der Waals surface area (Å²) < 4.78 is 17.1. The first-order valence-corrected chi connectivity index (χ1v) is 7.88. The Kier molecular flexibility index (Phi) is 6.33. The fourth-order valence-electron chi connectivity index (χ4n) is 2.53. The van der Waals surface area contributed by atoms with Crippen molar-refractivity contribution in [2.24, 2.45) is 0 Å². The zero-order chi connectivity index (χ0) is 15.1. The molecule has 0 radical (unpaired) electrons. The predicted molar refractivity (Wildman–Crippen MR) is 84.1 cm³/mol. The van der Waals surface area contributed by atoms with Gasteiger partial charge in [-0.1, -0.05) is 13.0 Å². The quantitative estimate of drug-likeness (QED) is 0.748. The highest BCUT2D eigenvalue weighted by molar-refractivity contribution is 5.40. The second-order valence-electron chi connectivity index (χ2n) is 5.61. The van der Waals surface area contributed by atoms with Gasteiger partial charge in [0.15, 0.2) is 0 Å². The van der Waals surface area contributed by atoms with Crippen LogP contribution in [0.15, 0.2) is 18.2 Å². The van der Waals surface area contributed by atoms with Crippen LogP contribution >= 0.6 is 0 Å². The molecule has 1 saturated heterocycles. The maximum atomic E-state index is 6.00. The number of rotatable bonds is 8. The fraction of sp³-hybridized carbons (Fsp3) is 0.647. The molecule has 0 aromatic heterocycles. The molecule has 0 aliphatic carbocycles. The van der Waals surface area contributed by atoms with Gasteiger partial charge in [0.25, 0.3) is 0 Å². The Labute approximate surface area is 127 Å². The summed E-state index contributed by atoms with van der Waals surface area (Å²) in [6.07, 6.45) is 3.89. The van der Waals surface area contributed by atoms with Crippen molar-refractivity contribution in [3.63, 3.8) is 0 Å². The summed E-state index contributed by atoms with van der Waals surface area (Å²) in [6, 6.07) is 6.00. The first-order valence-electron chi connectivity index (χ1n) is 7.88. The molecule has 4 heteroatoms. The SMILES string of the molecule is CCCNCc1ccc(OC)cc1OCC1CCC(C)O1. The Hall–Kier alpha value is -1.26. The number of hydrogen-bond donors (Lipinski definition) is 1. The average Bonchev–Trinajstić information content (AvgIpc) is 2.92. The molecule has 2 rings (SSSR count). The van der Waals surface area contributed by atoms with Crippen LogP contribution in [0.1, 0.15) is 38.7 Å². The average molecular weight is 293 g/mol. The molecule has 1 aliphatic rings. The van der Waals surface area contributed by atoms with Gasteiger partial charge in [-0.25, -0.2) is 0 Å². The van der Waals surface area contributed by atoms with Gasteiger partial charge in [0, 0.05) is 18.2 Å². The van der Waals surface area contributed by atoms with Crippen molar-refractivity contribution in [3.8, 4) is 11.5 Å². The van der Waals surface area contributed by atoms with Crippen LogP contribution in [0.3, 0.4) is 0 Å². The van der Waals surface area contributed by atoms with Crippen molar-refractivity contribution in [3.05, 3.63) is 23.8 Å². The van der Waals surface area contributed by atoms with Crippen LogP contribution in [0.5, 0.6) is 11.5 Å². The Bertz CT molecular complexity index is 436. The lowest BCUT2D eigenvalue weighted by atomic mass is 10.2. The van der Waals surface area contributed by atoms with Crippen molar-refractivity contribution in [2.45, 2.75) is 51.9 Å². The van der Waals surface area contributed by atoms with Gasteiger partial charge in [0.2, 0.25) is 0 Å². The lowest BCUT2D eigenvalue weighted by molar-refractivity contribution is 0.0262. The third kappa shape index (κ3) is 4.90. The van der Waals surface area contributed by atoms with Crippen LogP contribution in [-0.4, -0.2) is 32.5 Å². The smallest absolute Gasteiger partial charge is 0.127 e. The van der Waals surface area contributed by atoms with E-state index in [1.807, 2.05) is 12.1 Å². The largest absolute Gasteiger partial charge is 0.497 e. The molecule has 4 nitrogen and oxygen atoms in total. The molecule has 2 atom stereocenters. The standard InChI is InChI=1S/C17H27NO3/c1-4-9-18-11-14-6-8-15(19-3)10-17(14)20-12-16-7-5-13(2)21-16/h6,8,10,13,16,18H,4-5,7,9,11-12H2,1-3H3.